The Bertz CT molecular complexity index is 1200. The number of carbonyl (C=O) groups is 1. The molecule has 5 rings (SSSR count). The normalized spacial score (nSPS) is 17.0. The SMILES string of the molecule is NC=CC(=Nc1ccccc1)c1cc(Oc2ccccn2)c2c(c1)C1(CCCC1)C(=O)N2. The van der Waals surface area contributed by atoms with Gasteiger partial charge in [-0.15, -0.1) is 0 Å². The van der Waals surface area contributed by atoms with E-state index in [9.17, 15) is 4.79 Å². The summed E-state index contributed by atoms with van der Waals surface area (Å²) in [5.74, 6) is 1.06. The molecule has 2 aromatic carbocycles. The molecule has 6 heteroatoms. The van der Waals surface area contributed by atoms with Gasteiger partial charge < -0.3 is 15.8 Å². The Morgan fingerprint density at radius 1 is 1.09 bits per heavy atom. The second kappa shape index (κ2) is 8.30. The number of carbonyl (C=O) groups excluding carboxylic acids is 1. The lowest BCUT2D eigenvalue weighted by Gasteiger charge is -2.21. The fourth-order valence-electron chi connectivity index (χ4n) is 4.63. The van der Waals surface area contributed by atoms with Crippen LogP contribution in [-0.4, -0.2) is 16.6 Å². The molecular weight excluding hydrogens is 400 g/mol. The molecule has 3 N–H and O–H groups in total. The van der Waals surface area contributed by atoms with E-state index >= 15 is 0 Å². The van der Waals surface area contributed by atoms with Crippen LogP contribution >= 0.6 is 0 Å². The zero-order valence-corrected chi connectivity index (χ0v) is 17.6. The fraction of sp³-hybridized carbons (Fsp3) is 0.192. The first-order chi connectivity index (χ1) is 15.7. The van der Waals surface area contributed by atoms with E-state index in [-0.39, 0.29) is 5.91 Å². The summed E-state index contributed by atoms with van der Waals surface area (Å²) in [5, 5.41) is 3.09. The van der Waals surface area contributed by atoms with Crippen molar-refractivity contribution in [3.05, 3.63) is 90.3 Å². The number of aromatic nitrogens is 1. The number of pyridine rings is 1. The lowest BCUT2D eigenvalue weighted by molar-refractivity contribution is -0.120. The maximum Gasteiger partial charge on any atom is 0.235 e. The fourth-order valence-corrected chi connectivity index (χ4v) is 4.63. The summed E-state index contributed by atoms with van der Waals surface area (Å²) in [6, 6.07) is 19.2. The standard InChI is InChI=1S/C26H24N4O2/c27-14-11-21(29-19-8-2-1-3-9-19)18-16-20-24(30-25(31)26(20)12-5-6-13-26)22(17-18)32-23-10-4-7-15-28-23/h1-4,7-11,14-17H,5-6,12-13,27H2,(H,30,31). The van der Waals surface area contributed by atoms with Gasteiger partial charge in [-0.1, -0.05) is 37.1 Å². The molecule has 1 amide bonds. The van der Waals surface area contributed by atoms with Gasteiger partial charge >= 0.3 is 0 Å². The molecule has 0 unspecified atom stereocenters. The topological polar surface area (TPSA) is 89.6 Å². The lowest BCUT2D eigenvalue weighted by atomic mass is 9.79. The zero-order chi connectivity index (χ0) is 22.0. The Morgan fingerprint density at radius 3 is 2.59 bits per heavy atom. The van der Waals surface area contributed by atoms with Crippen LogP contribution in [0.4, 0.5) is 11.4 Å². The van der Waals surface area contributed by atoms with Gasteiger partial charge in [0.15, 0.2) is 5.75 Å². The van der Waals surface area contributed by atoms with E-state index in [2.05, 4.69) is 16.4 Å². The maximum absolute atomic E-state index is 13.1. The molecule has 0 atom stereocenters. The minimum atomic E-state index is -0.516. The zero-order valence-electron chi connectivity index (χ0n) is 17.6. The van der Waals surface area contributed by atoms with Crippen LogP contribution < -0.4 is 15.8 Å². The summed E-state index contributed by atoms with van der Waals surface area (Å²) in [4.78, 5) is 22.2. The van der Waals surface area contributed by atoms with Gasteiger partial charge in [-0.25, -0.2) is 9.98 Å². The van der Waals surface area contributed by atoms with Crippen LogP contribution in [0.1, 0.15) is 36.8 Å². The van der Waals surface area contributed by atoms with Crippen LogP contribution in [-0.2, 0) is 10.2 Å². The first-order valence-corrected chi connectivity index (χ1v) is 10.8. The molecule has 32 heavy (non-hydrogen) atoms. The predicted molar refractivity (Wildman–Crippen MR) is 125 cm³/mol. The van der Waals surface area contributed by atoms with Crippen molar-refractivity contribution < 1.29 is 9.53 Å². The predicted octanol–water partition coefficient (Wildman–Crippen LogP) is 5.23. The third kappa shape index (κ3) is 3.54. The molecule has 0 saturated heterocycles. The number of ether oxygens (including phenoxy) is 1. The molecule has 3 aromatic rings. The van der Waals surface area contributed by atoms with Gasteiger partial charge in [0.1, 0.15) is 0 Å². The Hall–Kier alpha value is -3.93. The van der Waals surface area contributed by atoms with Gasteiger partial charge in [0.2, 0.25) is 11.8 Å². The van der Waals surface area contributed by atoms with Gasteiger partial charge in [-0.2, -0.15) is 0 Å². The summed E-state index contributed by atoms with van der Waals surface area (Å²) in [5.41, 5.74) is 9.29. The monoisotopic (exact) mass is 424 g/mol. The van der Waals surface area contributed by atoms with Crippen molar-refractivity contribution in [3.8, 4) is 11.6 Å². The number of amides is 1. The first kappa shape index (κ1) is 20.0. The third-order valence-electron chi connectivity index (χ3n) is 6.16. The number of rotatable bonds is 5. The molecule has 1 saturated carbocycles. The smallest absolute Gasteiger partial charge is 0.235 e. The highest BCUT2D eigenvalue weighted by atomic mass is 16.5. The van der Waals surface area contributed by atoms with Crippen molar-refractivity contribution in [3.63, 3.8) is 0 Å². The van der Waals surface area contributed by atoms with Gasteiger partial charge in [0, 0.05) is 17.8 Å². The van der Waals surface area contributed by atoms with Gasteiger partial charge in [-0.05, 0) is 61.0 Å². The van der Waals surface area contributed by atoms with Crippen molar-refractivity contribution >= 4 is 23.0 Å². The van der Waals surface area contributed by atoms with Crippen molar-refractivity contribution in [1.29, 1.82) is 0 Å². The molecule has 0 bridgehead atoms. The average molecular weight is 425 g/mol. The average Bonchev–Trinajstić information content (AvgIpc) is 3.42. The van der Waals surface area contributed by atoms with Crippen LogP contribution in [0.15, 0.2) is 84.1 Å². The highest BCUT2D eigenvalue weighted by Gasteiger charge is 2.49. The number of hydrogen-bond donors (Lipinski definition) is 2. The van der Waals surface area contributed by atoms with E-state index in [4.69, 9.17) is 15.5 Å². The minimum absolute atomic E-state index is 0.0453. The Balaban J connectivity index is 1.68. The van der Waals surface area contributed by atoms with E-state index < -0.39 is 5.41 Å². The second-order valence-corrected chi connectivity index (χ2v) is 8.10. The number of nitrogens with zero attached hydrogens (tertiary/aromatic N) is 2. The number of anilines is 1. The Kier molecular flexibility index (Phi) is 5.19. The number of fused-ring (bicyclic) bond motifs is 2. The molecule has 1 spiro atoms. The molecule has 0 radical (unpaired) electrons. The number of allylic oxidation sites excluding steroid dienone is 1. The Labute approximate surface area is 186 Å². The Morgan fingerprint density at radius 2 is 1.88 bits per heavy atom. The molecule has 1 fully saturated rings. The summed E-state index contributed by atoms with van der Waals surface area (Å²) in [7, 11) is 0. The third-order valence-corrected chi connectivity index (χ3v) is 6.16. The lowest BCUT2D eigenvalue weighted by Crippen LogP contribution is -2.31. The van der Waals surface area contributed by atoms with E-state index in [1.165, 1.54) is 6.20 Å². The van der Waals surface area contributed by atoms with Crippen molar-refractivity contribution in [2.45, 2.75) is 31.1 Å². The quantitative estimate of drug-likeness (QED) is 0.549. The van der Waals surface area contributed by atoms with Gasteiger partial charge in [0.05, 0.1) is 22.5 Å². The number of nitrogens with two attached hydrogens (primary N) is 1. The highest BCUT2D eigenvalue weighted by Crippen LogP contribution is 2.52. The number of hydrogen-bond acceptors (Lipinski definition) is 5. The van der Waals surface area contributed by atoms with E-state index in [1.54, 1.807) is 18.3 Å². The van der Waals surface area contributed by atoms with Crippen LogP contribution in [0, 0.1) is 0 Å². The van der Waals surface area contributed by atoms with Crippen LogP contribution in [0.2, 0.25) is 0 Å². The largest absolute Gasteiger partial charge is 0.437 e. The van der Waals surface area contributed by atoms with E-state index in [0.29, 0.717) is 17.3 Å². The van der Waals surface area contributed by atoms with Crippen LogP contribution in [0.25, 0.3) is 0 Å². The number of nitrogens with one attached hydrogen (secondary N) is 1. The second-order valence-electron chi connectivity index (χ2n) is 8.10. The van der Waals surface area contributed by atoms with Gasteiger partial charge in [-0.3, -0.25) is 4.79 Å². The number of para-hydroxylation sites is 1. The molecule has 1 aromatic heterocycles. The van der Waals surface area contributed by atoms with E-state index in [1.807, 2.05) is 48.5 Å². The van der Waals surface area contributed by atoms with Crippen LogP contribution in [0.3, 0.4) is 0 Å². The van der Waals surface area contributed by atoms with Crippen molar-refractivity contribution in [1.82, 2.24) is 4.98 Å². The van der Waals surface area contributed by atoms with Gasteiger partial charge in [0.25, 0.3) is 0 Å². The summed E-state index contributed by atoms with van der Waals surface area (Å²) >= 11 is 0. The maximum atomic E-state index is 13.1. The number of benzene rings is 2. The molecule has 6 nitrogen and oxygen atoms in total. The van der Waals surface area contributed by atoms with Crippen LogP contribution in [0.5, 0.6) is 11.6 Å². The molecule has 1 aliphatic heterocycles. The van der Waals surface area contributed by atoms with E-state index in [0.717, 1.165) is 48.2 Å². The van der Waals surface area contributed by atoms with Crippen molar-refractivity contribution in [2.75, 3.05) is 5.32 Å². The molecular formula is C26H24N4O2. The van der Waals surface area contributed by atoms with Crippen molar-refractivity contribution in [2.24, 2.45) is 10.7 Å². The molecule has 2 aliphatic rings. The molecule has 160 valence electrons. The summed E-state index contributed by atoms with van der Waals surface area (Å²) < 4.78 is 6.16. The number of aliphatic imine (C=N–C) groups is 1. The summed E-state index contributed by atoms with van der Waals surface area (Å²) in [6.07, 6.45) is 8.64. The summed E-state index contributed by atoms with van der Waals surface area (Å²) in [6.45, 7) is 0. The first-order valence-electron chi connectivity index (χ1n) is 10.8. The minimum Gasteiger partial charge on any atom is -0.437 e. The molecule has 1 aliphatic carbocycles. The molecule has 2 heterocycles. The highest BCUT2D eigenvalue weighted by molar-refractivity contribution is 6.13.